The minimum Gasteiger partial charge on any atom is -0.508 e. The molecule has 0 aromatic rings. The molecule has 84 valence electrons. The summed E-state index contributed by atoms with van der Waals surface area (Å²) in [5, 5.41) is 0. The van der Waals surface area contributed by atoms with Gasteiger partial charge in [-0.3, -0.25) is 0 Å². The van der Waals surface area contributed by atoms with Gasteiger partial charge in [0.05, 0.1) is 12.4 Å². The highest BCUT2D eigenvalue weighted by Crippen LogP contribution is 2.16. The number of allylic oxidation sites excluding steroid dienone is 1. The maximum atomic E-state index is 5.45. The van der Waals surface area contributed by atoms with Crippen LogP contribution in [0.5, 0.6) is 0 Å². The average Bonchev–Trinajstić information content (AvgIpc) is 2.19. The molecule has 5 nitrogen and oxygen atoms in total. The van der Waals surface area contributed by atoms with Gasteiger partial charge in [0.2, 0.25) is 0 Å². The molecule has 0 aliphatic carbocycles. The van der Waals surface area contributed by atoms with Crippen molar-refractivity contribution in [1.29, 1.82) is 0 Å². The highest BCUT2D eigenvalue weighted by Gasteiger charge is 2.40. The van der Waals surface area contributed by atoms with E-state index in [1.807, 2.05) is 6.92 Å². The molecule has 0 saturated carbocycles. The summed E-state index contributed by atoms with van der Waals surface area (Å²) in [6.45, 7) is 1.86. The third-order valence-corrected chi connectivity index (χ3v) is 4.43. The Morgan fingerprint density at radius 3 is 2.21 bits per heavy atom. The van der Waals surface area contributed by atoms with Crippen molar-refractivity contribution in [3.8, 4) is 0 Å². The van der Waals surface area contributed by atoms with Gasteiger partial charge in [0.15, 0.2) is 0 Å². The molecule has 0 heterocycles. The van der Waals surface area contributed by atoms with Crippen LogP contribution in [0.1, 0.15) is 13.3 Å². The molecule has 0 aliphatic rings. The summed E-state index contributed by atoms with van der Waals surface area (Å²) in [6.07, 6.45) is 3.61. The first-order valence-corrected chi connectivity index (χ1v) is 6.44. The standard InChI is InChI=1S/C8H20N2O3Si/c1-4-6-13-14(11-2,12-3)7-5-8(9)10/h4,6,8H,5,7,9-10H2,1-3H3. The quantitative estimate of drug-likeness (QED) is 0.369. The van der Waals surface area contributed by atoms with E-state index in [1.54, 1.807) is 26.6 Å². The first-order chi connectivity index (χ1) is 6.60. The lowest BCUT2D eigenvalue weighted by Gasteiger charge is -2.25. The molecule has 0 aromatic heterocycles. The number of hydrogen-bond donors (Lipinski definition) is 2. The van der Waals surface area contributed by atoms with E-state index in [0.717, 1.165) is 0 Å². The van der Waals surface area contributed by atoms with Crippen molar-refractivity contribution in [1.82, 2.24) is 0 Å². The van der Waals surface area contributed by atoms with Gasteiger partial charge in [-0.25, -0.2) is 0 Å². The third-order valence-electron chi connectivity index (χ3n) is 1.79. The molecule has 6 heteroatoms. The lowest BCUT2D eigenvalue weighted by atomic mass is 10.4. The minimum atomic E-state index is -2.57. The van der Waals surface area contributed by atoms with Crippen LogP contribution >= 0.6 is 0 Å². The van der Waals surface area contributed by atoms with Crippen LogP contribution in [0.4, 0.5) is 0 Å². The highest BCUT2D eigenvalue weighted by atomic mass is 28.4. The lowest BCUT2D eigenvalue weighted by molar-refractivity contribution is 0.139. The summed E-state index contributed by atoms with van der Waals surface area (Å²) < 4.78 is 16.0. The Morgan fingerprint density at radius 1 is 1.29 bits per heavy atom. The van der Waals surface area contributed by atoms with Crippen molar-refractivity contribution in [2.75, 3.05) is 14.2 Å². The number of nitrogens with two attached hydrogens (primary N) is 2. The lowest BCUT2D eigenvalue weighted by Crippen LogP contribution is -2.44. The van der Waals surface area contributed by atoms with E-state index in [1.165, 1.54) is 0 Å². The summed E-state index contributed by atoms with van der Waals surface area (Å²) in [7, 11) is 0.567. The predicted molar refractivity (Wildman–Crippen MR) is 57.3 cm³/mol. The molecular weight excluding hydrogens is 200 g/mol. The molecule has 14 heavy (non-hydrogen) atoms. The fourth-order valence-electron chi connectivity index (χ4n) is 0.958. The Balaban J connectivity index is 4.21. The van der Waals surface area contributed by atoms with E-state index in [-0.39, 0.29) is 6.17 Å². The summed E-state index contributed by atoms with van der Waals surface area (Å²) >= 11 is 0. The van der Waals surface area contributed by atoms with Crippen LogP contribution in [0.3, 0.4) is 0 Å². The van der Waals surface area contributed by atoms with Crippen molar-refractivity contribution < 1.29 is 13.3 Å². The zero-order chi connectivity index (χ0) is 11.0. The predicted octanol–water partition coefficient (Wildman–Crippen LogP) is 0.402. The SMILES string of the molecule is CC=CO[Si](CCC(N)N)(OC)OC. The van der Waals surface area contributed by atoms with Crippen LogP contribution in [-0.4, -0.2) is 29.2 Å². The van der Waals surface area contributed by atoms with Gasteiger partial charge < -0.3 is 24.7 Å². The first-order valence-electron chi connectivity index (χ1n) is 4.50. The second-order valence-corrected chi connectivity index (χ2v) is 5.80. The Bertz CT molecular complexity index is 172. The molecule has 0 bridgehead atoms. The number of rotatable bonds is 7. The molecule has 0 radical (unpaired) electrons. The van der Waals surface area contributed by atoms with E-state index in [0.29, 0.717) is 12.5 Å². The van der Waals surface area contributed by atoms with Gasteiger partial charge in [0, 0.05) is 20.3 Å². The zero-order valence-corrected chi connectivity index (χ0v) is 10.0. The van der Waals surface area contributed by atoms with Crippen LogP contribution in [-0.2, 0) is 13.3 Å². The molecule has 0 spiro atoms. The average molecular weight is 220 g/mol. The van der Waals surface area contributed by atoms with Gasteiger partial charge in [-0.05, 0) is 13.3 Å². The van der Waals surface area contributed by atoms with Gasteiger partial charge >= 0.3 is 8.80 Å². The van der Waals surface area contributed by atoms with Crippen LogP contribution in [0.15, 0.2) is 12.3 Å². The number of hydrogen-bond acceptors (Lipinski definition) is 5. The molecule has 0 aromatic carbocycles. The van der Waals surface area contributed by atoms with Gasteiger partial charge in [0.25, 0.3) is 0 Å². The van der Waals surface area contributed by atoms with Crippen molar-refractivity contribution in [3.63, 3.8) is 0 Å². The normalized spacial score (nSPS) is 12.7. The molecule has 4 N–H and O–H groups in total. The van der Waals surface area contributed by atoms with Gasteiger partial charge in [-0.2, -0.15) is 0 Å². The second-order valence-electron chi connectivity index (χ2n) is 2.88. The highest BCUT2D eigenvalue weighted by molar-refractivity contribution is 6.60. The molecule has 0 rings (SSSR count). The largest absolute Gasteiger partial charge is 0.565 e. The second kappa shape index (κ2) is 6.96. The van der Waals surface area contributed by atoms with Crippen molar-refractivity contribution in [2.45, 2.75) is 25.6 Å². The molecule has 0 fully saturated rings. The summed E-state index contributed by atoms with van der Waals surface area (Å²) in [5.41, 5.74) is 10.9. The van der Waals surface area contributed by atoms with Crippen LogP contribution in [0.2, 0.25) is 6.04 Å². The van der Waals surface area contributed by atoms with Crippen LogP contribution < -0.4 is 11.5 Å². The van der Waals surface area contributed by atoms with Gasteiger partial charge in [-0.15, -0.1) is 0 Å². The van der Waals surface area contributed by atoms with Gasteiger partial charge in [-0.1, -0.05) is 6.08 Å². The fraction of sp³-hybridized carbons (Fsp3) is 0.750. The monoisotopic (exact) mass is 220 g/mol. The Kier molecular flexibility index (Phi) is 6.76. The maximum Gasteiger partial charge on any atom is 0.565 e. The van der Waals surface area contributed by atoms with Crippen molar-refractivity contribution >= 4 is 8.80 Å². The van der Waals surface area contributed by atoms with Crippen molar-refractivity contribution in [3.05, 3.63) is 12.3 Å². The topological polar surface area (TPSA) is 79.7 Å². The molecule has 0 atom stereocenters. The third kappa shape index (κ3) is 4.73. The Morgan fingerprint density at radius 2 is 1.86 bits per heavy atom. The molecular formula is C8H20N2O3Si. The smallest absolute Gasteiger partial charge is 0.508 e. The summed E-state index contributed by atoms with van der Waals surface area (Å²) in [6, 6.07) is 0.613. The Labute approximate surface area is 86.4 Å². The van der Waals surface area contributed by atoms with E-state index in [9.17, 15) is 0 Å². The van der Waals surface area contributed by atoms with Crippen LogP contribution in [0, 0.1) is 0 Å². The maximum absolute atomic E-state index is 5.45. The molecule has 0 unspecified atom stereocenters. The zero-order valence-electron chi connectivity index (χ0n) is 9.03. The Hall–Kier alpha value is -0.403. The first kappa shape index (κ1) is 13.6. The van der Waals surface area contributed by atoms with E-state index in [2.05, 4.69) is 0 Å². The summed E-state index contributed by atoms with van der Waals surface area (Å²) in [5.74, 6) is 0. The van der Waals surface area contributed by atoms with E-state index < -0.39 is 8.80 Å². The fourth-order valence-corrected chi connectivity index (χ4v) is 2.87. The minimum absolute atomic E-state index is 0.360. The van der Waals surface area contributed by atoms with Crippen LogP contribution in [0.25, 0.3) is 0 Å². The van der Waals surface area contributed by atoms with E-state index in [4.69, 9.17) is 24.7 Å². The summed E-state index contributed by atoms with van der Waals surface area (Å²) in [4.78, 5) is 0. The molecule has 0 amide bonds. The molecule has 0 aliphatic heterocycles. The molecule has 0 saturated heterocycles. The van der Waals surface area contributed by atoms with Crippen molar-refractivity contribution in [2.24, 2.45) is 11.5 Å². The van der Waals surface area contributed by atoms with E-state index >= 15 is 0 Å². The van der Waals surface area contributed by atoms with Gasteiger partial charge in [0.1, 0.15) is 0 Å².